The number of amides is 2. The minimum atomic E-state index is -0.221. The molecular formula is C17H18N2O3. The van der Waals surface area contributed by atoms with Gasteiger partial charge in [-0.1, -0.05) is 13.0 Å². The van der Waals surface area contributed by atoms with Gasteiger partial charge in [-0.25, -0.2) is 0 Å². The highest BCUT2D eigenvalue weighted by Gasteiger charge is 2.07. The second-order valence-corrected chi connectivity index (χ2v) is 4.67. The third-order valence-electron chi connectivity index (χ3n) is 3.08. The Hall–Kier alpha value is -2.82. The van der Waals surface area contributed by atoms with Gasteiger partial charge in [-0.05, 0) is 42.5 Å². The van der Waals surface area contributed by atoms with E-state index in [0.29, 0.717) is 29.1 Å². The summed E-state index contributed by atoms with van der Waals surface area (Å²) in [5.41, 5.74) is 1.80. The first kappa shape index (κ1) is 15.6. The van der Waals surface area contributed by atoms with E-state index in [-0.39, 0.29) is 11.8 Å². The minimum Gasteiger partial charge on any atom is -0.497 e. The van der Waals surface area contributed by atoms with Crippen LogP contribution in [-0.2, 0) is 4.79 Å². The van der Waals surface area contributed by atoms with Crippen molar-refractivity contribution in [2.45, 2.75) is 13.3 Å². The van der Waals surface area contributed by atoms with Crippen molar-refractivity contribution < 1.29 is 14.3 Å². The zero-order valence-electron chi connectivity index (χ0n) is 12.6. The van der Waals surface area contributed by atoms with Crippen molar-refractivity contribution in [2.75, 3.05) is 17.7 Å². The molecule has 2 rings (SSSR count). The predicted octanol–water partition coefficient (Wildman–Crippen LogP) is 3.30. The molecule has 114 valence electrons. The van der Waals surface area contributed by atoms with Gasteiger partial charge in [0.15, 0.2) is 0 Å². The summed E-state index contributed by atoms with van der Waals surface area (Å²) in [6.45, 7) is 1.78. The molecule has 0 unspecified atom stereocenters. The molecule has 2 N–H and O–H groups in total. The standard InChI is InChI=1S/C17H18N2O3/c1-3-16(20)18-13-5-4-6-14(11-13)19-17(21)12-7-9-15(22-2)10-8-12/h4-11H,3H2,1-2H3,(H,18,20)(H,19,21). The number of hydrogen-bond acceptors (Lipinski definition) is 3. The van der Waals surface area contributed by atoms with Crippen LogP contribution in [0.1, 0.15) is 23.7 Å². The molecule has 2 amide bonds. The van der Waals surface area contributed by atoms with Crippen molar-refractivity contribution in [2.24, 2.45) is 0 Å². The molecule has 5 nitrogen and oxygen atoms in total. The smallest absolute Gasteiger partial charge is 0.255 e. The van der Waals surface area contributed by atoms with E-state index < -0.39 is 0 Å². The molecule has 0 bridgehead atoms. The SMILES string of the molecule is CCC(=O)Nc1cccc(NC(=O)c2ccc(OC)cc2)c1. The number of benzene rings is 2. The van der Waals surface area contributed by atoms with E-state index in [0.717, 1.165) is 0 Å². The third kappa shape index (κ3) is 4.09. The van der Waals surface area contributed by atoms with Crippen molar-refractivity contribution in [1.82, 2.24) is 0 Å². The van der Waals surface area contributed by atoms with E-state index in [1.54, 1.807) is 62.6 Å². The minimum absolute atomic E-state index is 0.0707. The first-order valence-corrected chi connectivity index (χ1v) is 6.97. The lowest BCUT2D eigenvalue weighted by atomic mass is 10.2. The molecule has 0 saturated heterocycles. The Morgan fingerprint density at radius 3 is 2.23 bits per heavy atom. The highest BCUT2D eigenvalue weighted by atomic mass is 16.5. The molecule has 0 aliphatic carbocycles. The van der Waals surface area contributed by atoms with E-state index >= 15 is 0 Å². The topological polar surface area (TPSA) is 67.4 Å². The molecule has 0 aliphatic heterocycles. The van der Waals surface area contributed by atoms with Gasteiger partial charge in [0.05, 0.1) is 7.11 Å². The first-order valence-electron chi connectivity index (χ1n) is 6.97. The molecule has 0 fully saturated rings. The Morgan fingerprint density at radius 1 is 1.00 bits per heavy atom. The monoisotopic (exact) mass is 298 g/mol. The van der Waals surface area contributed by atoms with Gasteiger partial charge in [0.2, 0.25) is 5.91 Å². The number of hydrogen-bond donors (Lipinski definition) is 2. The lowest BCUT2D eigenvalue weighted by molar-refractivity contribution is -0.115. The quantitative estimate of drug-likeness (QED) is 0.890. The average Bonchev–Trinajstić information content (AvgIpc) is 2.55. The lowest BCUT2D eigenvalue weighted by Crippen LogP contribution is -2.13. The molecule has 0 heterocycles. The highest BCUT2D eigenvalue weighted by molar-refractivity contribution is 6.04. The van der Waals surface area contributed by atoms with E-state index in [1.165, 1.54) is 0 Å². The van der Waals surface area contributed by atoms with E-state index in [9.17, 15) is 9.59 Å². The maximum atomic E-state index is 12.2. The van der Waals surface area contributed by atoms with Crippen LogP contribution in [0.2, 0.25) is 0 Å². The fourth-order valence-corrected chi connectivity index (χ4v) is 1.87. The van der Waals surface area contributed by atoms with Gasteiger partial charge in [-0.3, -0.25) is 9.59 Å². The van der Waals surface area contributed by atoms with Gasteiger partial charge in [-0.15, -0.1) is 0 Å². The summed E-state index contributed by atoms with van der Waals surface area (Å²) < 4.78 is 5.06. The summed E-state index contributed by atoms with van der Waals surface area (Å²) in [6, 6.07) is 13.9. The second kappa shape index (κ2) is 7.26. The Bertz CT molecular complexity index is 666. The lowest BCUT2D eigenvalue weighted by Gasteiger charge is -2.09. The van der Waals surface area contributed by atoms with Crippen molar-refractivity contribution >= 4 is 23.2 Å². The van der Waals surface area contributed by atoms with Crippen molar-refractivity contribution in [1.29, 1.82) is 0 Å². The van der Waals surface area contributed by atoms with Crippen molar-refractivity contribution in [3.63, 3.8) is 0 Å². The summed E-state index contributed by atoms with van der Waals surface area (Å²) >= 11 is 0. The molecule has 2 aromatic carbocycles. The van der Waals surface area contributed by atoms with E-state index in [1.807, 2.05) is 0 Å². The van der Waals surface area contributed by atoms with Gasteiger partial charge in [0.25, 0.3) is 5.91 Å². The van der Waals surface area contributed by atoms with Gasteiger partial charge in [-0.2, -0.15) is 0 Å². The summed E-state index contributed by atoms with van der Waals surface area (Å²) in [5.74, 6) is 0.404. The molecule has 2 aromatic rings. The zero-order chi connectivity index (χ0) is 15.9. The number of carbonyl (C=O) groups is 2. The molecule has 0 aliphatic rings. The average molecular weight is 298 g/mol. The molecule has 0 spiro atoms. The van der Waals surface area contributed by atoms with Crippen LogP contribution in [0.4, 0.5) is 11.4 Å². The van der Waals surface area contributed by atoms with Crippen LogP contribution < -0.4 is 15.4 Å². The summed E-state index contributed by atoms with van der Waals surface area (Å²) in [4.78, 5) is 23.6. The van der Waals surface area contributed by atoms with Crippen molar-refractivity contribution in [3.05, 3.63) is 54.1 Å². The van der Waals surface area contributed by atoms with Crippen LogP contribution in [-0.4, -0.2) is 18.9 Å². The Morgan fingerprint density at radius 2 is 1.64 bits per heavy atom. The van der Waals surface area contributed by atoms with Crippen molar-refractivity contribution in [3.8, 4) is 5.75 Å². The number of carbonyl (C=O) groups excluding carboxylic acids is 2. The molecule has 0 aromatic heterocycles. The van der Waals surface area contributed by atoms with Crippen LogP contribution >= 0.6 is 0 Å². The molecule has 0 saturated carbocycles. The first-order chi connectivity index (χ1) is 10.6. The fraction of sp³-hybridized carbons (Fsp3) is 0.176. The summed E-state index contributed by atoms with van der Waals surface area (Å²) in [6.07, 6.45) is 0.405. The van der Waals surface area contributed by atoms with Crippen LogP contribution in [0.3, 0.4) is 0 Å². The molecular weight excluding hydrogens is 280 g/mol. The number of nitrogens with one attached hydrogen (secondary N) is 2. The molecule has 0 radical (unpaired) electrons. The van der Waals surface area contributed by atoms with E-state index in [4.69, 9.17) is 4.74 Å². The normalized spacial score (nSPS) is 9.91. The van der Waals surface area contributed by atoms with Gasteiger partial charge >= 0.3 is 0 Å². The number of rotatable bonds is 5. The van der Waals surface area contributed by atoms with Crippen LogP contribution in [0.5, 0.6) is 5.75 Å². The summed E-state index contributed by atoms with van der Waals surface area (Å²) in [5, 5.41) is 5.55. The summed E-state index contributed by atoms with van der Waals surface area (Å²) in [7, 11) is 1.57. The fourth-order valence-electron chi connectivity index (χ4n) is 1.87. The molecule has 5 heteroatoms. The molecule has 22 heavy (non-hydrogen) atoms. The van der Waals surface area contributed by atoms with Crippen LogP contribution in [0.15, 0.2) is 48.5 Å². The highest BCUT2D eigenvalue weighted by Crippen LogP contribution is 2.17. The number of ether oxygens (including phenoxy) is 1. The Balaban J connectivity index is 2.07. The second-order valence-electron chi connectivity index (χ2n) is 4.67. The van der Waals surface area contributed by atoms with Crippen LogP contribution in [0, 0.1) is 0 Å². The zero-order valence-corrected chi connectivity index (χ0v) is 12.6. The van der Waals surface area contributed by atoms with Gasteiger partial charge in [0.1, 0.15) is 5.75 Å². The van der Waals surface area contributed by atoms with Crippen LogP contribution in [0.25, 0.3) is 0 Å². The van der Waals surface area contributed by atoms with E-state index in [2.05, 4.69) is 10.6 Å². The maximum Gasteiger partial charge on any atom is 0.255 e. The van der Waals surface area contributed by atoms with Gasteiger partial charge < -0.3 is 15.4 Å². The largest absolute Gasteiger partial charge is 0.497 e. The number of methoxy groups -OCH3 is 1. The maximum absolute atomic E-state index is 12.2. The number of anilines is 2. The third-order valence-corrected chi connectivity index (χ3v) is 3.08. The van der Waals surface area contributed by atoms with Gasteiger partial charge in [0, 0.05) is 23.4 Å². The Kier molecular flexibility index (Phi) is 5.14. The Labute approximate surface area is 129 Å². The molecule has 0 atom stereocenters. The predicted molar refractivity (Wildman–Crippen MR) is 86.3 cm³/mol.